The highest BCUT2D eigenvalue weighted by Gasteiger charge is 2.49. The molecule has 0 spiro atoms. The van der Waals surface area contributed by atoms with Crippen molar-refractivity contribution in [2.75, 3.05) is 25.2 Å². The number of hydrogen-bond acceptors (Lipinski definition) is 9. The SMILES string of the molecule is CCCCCOc1ccc(C2C(=C(O)c3nc4c(C)cccn4c3C)C(=O)C(=O)N2c2nc3ccc(OCC)cc3s2)cc1OC. The fourth-order valence-corrected chi connectivity index (χ4v) is 6.80. The number of imidazole rings is 1. The van der Waals surface area contributed by atoms with Gasteiger partial charge in [0, 0.05) is 6.20 Å². The summed E-state index contributed by atoms with van der Waals surface area (Å²) in [5.41, 5.74) is 3.54. The van der Waals surface area contributed by atoms with E-state index in [2.05, 4.69) is 6.92 Å². The highest BCUT2D eigenvalue weighted by molar-refractivity contribution is 7.22. The average molecular weight is 641 g/mol. The molecule has 1 fully saturated rings. The zero-order chi connectivity index (χ0) is 32.5. The Kier molecular flexibility index (Phi) is 8.68. The van der Waals surface area contributed by atoms with Crippen molar-refractivity contribution < 1.29 is 28.9 Å². The average Bonchev–Trinajstić information content (AvgIpc) is 3.71. The Morgan fingerprint density at radius 2 is 1.83 bits per heavy atom. The summed E-state index contributed by atoms with van der Waals surface area (Å²) in [6, 6.07) is 13.6. The summed E-state index contributed by atoms with van der Waals surface area (Å²) in [5, 5.41) is 12.2. The van der Waals surface area contributed by atoms with E-state index in [1.165, 1.54) is 16.2 Å². The summed E-state index contributed by atoms with van der Waals surface area (Å²) in [5.74, 6) is -0.305. The van der Waals surface area contributed by atoms with Gasteiger partial charge in [-0.3, -0.25) is 14.5 Å². The predicted molar refractivity (Wildman–Crippen MR) is 178 cm³/mol. The number of rotatable bonds is 11. The highest BCUT2D eigenvalue weighted by atomic mass is 32.1. The molecule has 3 aromatic heterocycles. The lowest BCUT2D eigenvalue weighted by Crippen LogP contribution is -2.29. The van der Waals surface area contributed by atoms with Crippen molar-refractivity contribution in [2.45, 2.75) is 53.0 Å². The number of aromatic nitrogens is 3. The Bertz CT molecular complexity index is 1990. The molecule has 0 saturated carbocycles. The number of unbranched alkanes of at least 4 members (excludes halogenated alkanes) is 2. The fourth-order valence-electron chi connectivity index (χ4n) is 5.78. The number of pyridine rings is 1. The molecule has 0 aliphatic carbocycles. The third-order valence-corrected chi connectivity index (χ3v) is 9.14. The van der Waals surface area contributed by atoms with Crippen LogP contribution in [0.4, 0.5) is 5.13 Å². The zero-order valence-corrected chi connectivity index (χ0v) is 27.3. The summed E-state index contributed by atoms with van der Waals surface area (Å²) >= 11 is 1.27. The summed E-state index contributed by atoms with van der Waals surface area (Å²) in [4.78, 5) is 38.6. The molecule has 2 aromatic carbocycles. The lowest BCUT2D eigenvalue weighted by Gasteiger charge is -2.23. The van der Waals surface area contributed by atoms with Crippen LogP contribution in [0.2, 0.25) is 0 Å². The van der Waals surface area contributed by atoms with Crippen LogP contribution in [0.1, 0.15) is 61.7 Å². The van der Waals surface area contributed by atoms with Gasteiger partial charge in [-0.2, -0.15) is 0 Å². The maximum atomic E-state index is 13.9. The molecule has 46 heavy (non-hydrogen) atoms. The van der Waals surface area contributed by atoms with Crippen molar-refractivity contribution in [3.63, 3.8) is 0 Å². The van der Waals surface area contributed by atoms with Crippen LogP contribution in [0.25, 0.3) is 21.6 Å². The van der Waals surface area contributed by atoms with Gasteiger partial charge in [0.05, 0.1) is 47.8 Å². The van der Waals surface area contributed by atoms with Gasteiger partial charge in [-0.05, 0) is 74.7 Å². The van der Waals surface area contributed by atoms with Gasteiger partial charge < -0.3 is 23.7 Å². The number of ether oxygens (including phenoxy) is 3. The summed E-state index contributed by atoms with van der Waals surface area (Å²) in [7, 11) is 1.54. The Hall–Kier alpha value is -4.90. The number of carbonyl (C=O) groups is 2. The van der Waals surface area contributed by atoms with Gasteiger partial charge >= 0.3 is 5.91 Å². The second-order valence-electron chi connectivity index (χ2n) is 11.1. The van der Waals surface area contributed by atoms with Crippen LogP contribution in [-0.2, 0) is 9.59 Å². The molecule has 1 N–H and O–H groups in total. The van der Waals surface area contributed by atoms with Crippen molar-refractivity contribution in [3.05, 3.63) is 82.8 Å². The molecule has 1 aliphatic rings. The number of anilines is 1. The maximum absolute atomic E-state index is 13.9. The molecule has 238 valence electrons. The minimum atomic E-state index is -1.01. The van der Waals surface area contributed by atoms with Gasteiger partial charge in [-0.15, -0.1) is 0 Å². The zero-order valence-electron chi connectivity index (χ0n) is 26.5. The lowest BCUT2D eigenvalue weighted by molar-refractivity contribution is -0.132. The van der Waals surface area contributed by atoms with Crippen LogP contribution in [0, 0.1) is 13.8 Å². The number of carbonyl (C=O) groups excluding carboxylic acids is 2. The number of Topliss-reactive ketones (excluding diaryl/α,β-unsaturated/α-hetero) is 1. The molecule has 0 radical (unpaired) electrons. The number of amides is 1. The van der Waals surface area contributed by atoms with Crippen LogP contribution in [0.3, 0.4) is 0 Å². The number of aryl methyl sites for hydroxylation is 2. The standard InChI is InChI=1S/C35H36N4O6S/c1-6-8-9-17-45-25-15-12-22(18-26(25)43-5)30-28(31(40)29-21(4)38-16-10-11-20(3)33(38)37-29)32(41)34(42)39(30)35-36-24-14-13-23(44-7-2)19-27(24)46-35/h10-16,18-19,30,40H,6-9,17H2,1-5H3. The van der Waals surface area contributed by atoms with Crippen molar-refractivity contribution in [1.82, 2.24) is 14.4 Å². The Morgan fingerprint density at radius 1 is 1.00 bits per heavy atom. The Labute approximate surface area is 270 Å². The first-order valence-electron chi connectivity index (χ1n) is 15.4. The van der Waals surface area contributed by atoms with E-state index in [9.17, 15) is 14.7 Å². The minimum absolute atomic E-state index is 0.0814. The number of thiazole rings is 1. The van der Waals surface area contributed by atoms with Crippen LogP contribution < -0.4 is 19.1 Å². The van der Waals surface area contributed by atoms with E-state index < -0.39 is 17.7 Å². The topological polar surface area (TPSA) is 115 Å². The van der Waals surface area contributed by atoms with Crippen LogP contribution in [-0.4, -0.2) is 51.5 Å². The van der Waals surface area contributed by atoms with E-state index in [1.807, 2.05) is 61.7 Å². The maximum Gasteiger partial charge on any atom is 0.301 e. The monoisotopic (exact) mass is 640 g/mol. The molecule has 1 amide bonds. The van der Waals surface area contributed by atoms with Gasteiger partial charge in [0.15, 0.2) is 22.4 Å². The third-order valence-electron chi connectivity index (χ3n) is 8.13. The van der Waals surface area contributed by atoms with Gasteiger partial charge in [0.1, 0.15) is 17.1 Å². The first-order valence-corrected chi connectivity index (χ1v) is 16.2. The molecule has 1 saturated heterocycles. The molecule has 4 heterocycles. The van der Waals surface area contributed by atoms with Gasteiger partial charge in [0.2, 0.25) is 0 Å². The predicted octanol–water partition coefficient (Wildman–Crippen LogP) is 7.16. The van der Waals surface area contributed by atoms with Crippen LogP contribution >= 0.6 is 11.3 Å². The minimum Gasteiger partial charge on any atom is -0.505 e. The first-order chi connectivity index (χ1) is 22.3. The second-order valence-corrected chi connectivity index (χ2v) is 12.1. The van der Waals surface area contributed by atoms with Crippen molar-refractivity contribution in [3.8, 4) is 17.2 Å². The van der Waals surface area contributed by atoms with E-state index in [-0.39, 0.29) is 17.0 Å². The summed E-state index contributed by atoms with van der Waals surface area (Å²) in [6.07, 6.45) is 4.87. The molecule has 0 bridgehead atoms. The number of benzene rings is 2. The Balaban J connectivity index is 1.52. The van der Waals surface area contributed by atoms with Crippen molar-refractivity contribution >= 4 is 49.8 Å². The molecule has 1 aliphatic heterocycles. The number of fused-ring (bicyclic) bond motifs is 2. The molecular weight excluding hydrogens is 604 g/mol. The van der Waals surface area contributed by atoms with E-state index >= 15 is 0 Å². The molecule has 1 unspecified atom stereocenters. The second kappa shape index (κ2) is 12.8. The number of nitrogens with zero attached hydrogens (tertiary/aromatic N) is 4. The molecule has 11 heteroatoms. The molecule has 1 atom stereocenters. The summed E-state index contributed by atoms with van der Waals surface area (Å²) in [6.45, 7) is 8.81. The van der Waals surface area contributed by atoms with Crippen LogP contribution in [0.15, 0.2) is 60.3 Å². The lowest BCUT2D eigenvalue weighted by atomic mass is 9.96. The van der Waals surface area contributed by atoms with Crippen molar-refractivity contribution in [2.24, 2.45) is 0 Å². The number of aliphatic hydroxyl groups is 1. The van der Waals surface area contributed by atoms with Crippen molar-refractivity contribution in [1.29, 1.82) is 0 Å². The fraction of sp³-hybridized carbons (Fsp3) is 0.314. The van der Waals surface area contributed by atoms with E-state index in [0.29, 0.717) is 58.0 Å². The van der Waals surface area contributed by atoms with Crippen LogP contribution in [0.5, 0.6) is 17.2 Å². The molecular formula is C35H36N4O6S. The number of aliphatic hydroxyl groups excluding tert-OH is 1. The normalized spacial score (nSPS) is 16.1. The highest BCUT2D eigenvalue weighted by Crippen LogP contribution is 2.46. The van der Waals surface area contributed by atoms with E-state index in [4.69, 9.17) is 24.2 Å². The Morgan fingerprint density at radius 3 is 2.57 bits per heavy atom. The van der Waals surface area contributed by atoms with Gasteiger partial charge in [0.25, 0.3) is 5.78 Å². The van der Waals surface area contributed by atoms with E-state index in [0.717, 1.165) is 29.5 Å². The van der Waals surface area contributed by atoms with E-state index in [1.54, 1.807) is 25.3 Å². The van der Waals surface area contributed by atoms with Gasteiger partial charge in [-0.25, -0.2) is 9.97 Å². The smallest absolute Gasteiger partial charge is 0.301 e. The molecule has 5 aromatic rings. The van der Waals surface area contributed by atoms with Gasteiger partial charge in [-0.1, -0.05) is 43.2 Å². The molecule has 10 nitrogen and oxygen atoms in total. The number of methoxy groups -OCH3 is 1. The largest absolute Gasteiger partial charge is 0.505 e. The third kappa shape index (κ3) is 5.44. The number of ketones is 1. The number of hydrogen-bond donors (Lipinski definition) is 1. The summed E-state index contributed by atoms with van der Waals surface area (Å²) < 4.78 is 20.0. The quantitative estimate of drug-likeness (QED) is 0.0700. The first kappa shape index (κ1) is 31.1. The molecule has 6 rings (SSSR count).